The van der Waals surface area contributed by atoms with Gasteiger partial charge in [-0.1, -0.05) is 42.8 Å². The van der Waals surface area contributed by atoms with Gasteiger partial charge < -0.3 is 9.64 Å². The number of hydrogen-bond acceptors (Lipinski definition) is 4. The zero-order valence-corrected chi connectivity index (χ0v) is 20.1. The van der Waals surface area contributed by atoms with Crippen LogP contribution in [0.3, 0.4) is 0 Å². The number of hydrogen-bond donors (Lipinski definition) is 0. The second-order valence-corrected chi connectivity index (χ2v) is 8.23. The normalized spacial score (nSPS) is 11.9. The molecule has 174 valence electrons. The summed E-state index contributed by atoms with van der Waals surface area (Å²) in [6.45, 7) is 4.31. The number of rotatable bonds is 7. The second-order valence-electron chi connectivity index (χ2n) is 7.82. The molecule has 0 N–H and O–H groups in total. The molecule has 0 bridgehead atoms. The Labute approximate surface area is 203 Å². The maximum atomic E-state index is 13.7. The van der Waals surface area contributed by atoms with Crippen LogP contribution in [-0.2, 0) is 0 Å². The van der Waals surface area contributed by atoms with Crippen LogP contribution in [0.1, 0.15) is 42.5 Å². The summed E-state index contributed by atoms with van der Waals surface area (Å²) in [4.78, 5) is 33.9. The minimum absolute atomic E-state index is 0.189. The van der Waals surface area contributed by atoms with Crippen molar-refractivity contribution < 1.29 is 9.53 Å². The fourth-order valence-corrected chi connectivity index (χ4v) is 4.41. The molecule has 1 heterocycles. The Morgan fingerprint density at radius 2 is 1.71 bits per heavy atom. The number of para-hydroxylation sites is 1. The minimum atomic E-state index is -0.451. The summed E-state index contributed by atoms with van der Waals surface area (Å²) < 4.78 is 6.88. The molecule has 0 aliphatic carbocycles. The highest BCUT2D eigenvalue weighted by molar-refractivity contribution is 6.33. The Balaban J connectivity index is 1.93. The van der Waals surface area contributed by atoms with Gasteiger partial charge in [-0.25, -0.2) is 4.98 Å². The van der Waals surface area contributed by atoms with Crippen molar-refractivity contribution in [2.75, 3.05) is 13.7 Å². The zero-order chi connectivity index (χ0) is 24.2. The van der Waals surface area contributed by atoms with Crippen molar-refractivity contribution in [1.82, 2.24) is 14.5 Å². The van der Waals surface area contributed by atoms with Gasteiger partial charge >= 0.3 is 0 Å². The second kappa shape index (κ2) is 10.1. The van der Waals surface area contributed by atoms with Gasteiger partial charge in [-0.05, 0) is 61.9 Å². The lowest BCUT2D eigenvalue weighted by Crippen LogP contribution is -2.38. The molecule has 1 aromatic heterocycles. The molecule has 0 radical (unpaired) electrons. The lowest BCUT2D eigenvalue weighted by molar-refractivity contribution is 0.0672. The molecule has 1 atom stereocenters. The van der Waals surface area contributed by atoms with E-state index in [0.29, 0.717) is 51.7 Å². The van der Waals surface area contributed by atoms with Gasteiger partial charge in [-0.2, -0.15) is 0 Å². The van der Waals surface area contributed by atoms with Gasteiger partial charge in [0.1, 0.15) is 11.6 Å². The number of benzene rings is 3. The number of fused-ring (bicyclic) bond motifs is 1. The summed E-state index contributed by atoms with van der Waals surface area (Å²) in [7, 11) is 1.59. The SMILES string of the molecule is CCC(c1nc2ccccc2c(=O)n1-c1ccc(OC)cc1)N(CC)C(=O)c1ccccc1Cl. The van der Waals surface area contributed by atoms with Crippen LogP contribution in [0.4, 0.5) is 0 Å². The third kappa shape index (κ3) is 4.29. The van der Waals surface area contributed by atoms with Crippen molar-refractivity contribution in [3.63, 3.8) is 0 Å². The molecule has 0 saturated carbocycles. The van der Waals surface area contributed by atoms with E-state index in [1.54, 1.807) is 59.0 Å². The highest BCUT2D eigenvalue weighted by Crippen LogP contribution is 2.29. The number of aromatic nitrogens is 2. The first kappa shape index (κ1) is 23.5. The number of nitrogens with zero attached hydrogens (tertiary/aromatic N) is 3. The van der Waals surface area contributed by atoms with Gasteiger partial charge in [-0.3, -0.25) is 14.2 Å². The van der Waals surface area contributed by atoms with Crippen molar-refractivity contribution in [2.24, 2.45) is 0 Å². The molecular weight excluding hydrogens is 450 g/mol. The van der Waals surface area contributed by atoms with Crippen LogP contribution >= 0.6 is 11.6 Å². The molecule has 4 aromatic rings. The maximum absolute atomic E-state index is 13.7. The van der Waals surface area contributed by atoms with Crippen molar-refractivity contribution in [3.05, 3.63) is 99.6 Å². The molecule has 34 heavy (non-hydrogen) atoms. The molecule has 6 nitrogen and oxygen atoms in total. The average Bonchev–Trinajstić information content (AvgIpc) is 2.87. The monoisotopic (exact) mass is 475 g/mol. The number of halogens is 1. The van der Waals surface area contributed by atoms with Crippen molar-refractivity contribution in [2.45, 2.75) is 26.3 Å². The van der Waals surface area contributed by atoms with E-state index in [1.807, 2.05) is 44.2 Å². The molecule has 0 aliphatic rings. The van der Waals surface area contributed by atoms with Gasteiger partial charge in [0.25, 0.3) is 11.5 Å². The number of carbonyl (C=O) groups excluding carboxylic acids is 1. The van der Waals surface area contributed by atoms with Gasteiger partial charge in [0.15, 0.2) is 0 Å². The predicted molar refractivity (Wildman–Crippen MR) is 135 cm³/mol. The number of methoxy groups -OCH3 is 1. The fraction of sp³-hybridized carbons (Fsp3) is 0.222. The first-order valence-electron chi connectivity index (χ1n) is 11.2. The van der Waals surface area contributed by atoms with Crippen LogP contribution in [0.15, 0.2) is 77.6 Å². The Morgan fingerprint density at radius 1 is 1.03 bits per heavy atom. The maximum Gasteiger partial charge on any atom is 0.266 e. The number of carbonyl (C=O) groups is 1. The van der Waals surface area contributed by atoms with E-state index in [2.05, 4.69) is 0 Å². The smallest absolute Gasteiger partial charge is 0.266 e. The van der Waals surface area contributed by atoms with Crippen LogP contribution in [-0.4, -0.2) is 34.0 Å². The topological polar surface area (TPSA) is 64.4 Å². The Hall–Kier alpha value is -3.64. The summed E-state index contributed by atoms with van der Waals surface area (Å²) in [5.74, 6) is 0.977. The molecule has 4 rings (SSSR count). The summed E-state index contributed by atoms with van der Waals surface area (Å²) in [6, 6.07) is 21.0. The van der Waals surface area contributed by atoms with Crippen LogP contribution in [0, 0.1) is 0 Å². The van der Waals surface area contributed by atoms with E-state index in [9.17, 15) is 9.59 Å². The van der Waals surface area contributed by atoms with E-state index in [-0.39, 0.29) is 11.5 Å². The lowest BCUT2D eigenvalue weighted by atomic mass is 10.1. The van der Waals surface area contributed by atoms with Crippen LogP contribution < -0.4 is 10.3 Å². The first-order chi connectivity index (χ1) is 16.5. The van der Waals surface area contributed by atoms with Crippen molar-refractivity contribution in [3.8, 4) is 11.4 Å². The van der Waals surface area contributed by atoms with Crippen molar-refractivity contribution in [1.29, 1.82) is 0 Å². The van der Waals surface area contributed by atoms with Crippen LogP contribution in [0.2, 0.25) is 5.02 Å². The van der Waals surface area contributed by atoms with Gasteiger partial charge in [0.05, 0.1) is 40.3 Å². The molecule has 0 saturated heterocycles. The van der Waals surface area contributed by atoms with E-state index in [1.165, 1.54) is 0 Å². The third-order valence-electron chi connectivity index (χ3n) is 5.90. The highest BCUT2D eigenvalue weighted by atomic mass is 35.5. The fourth-order valence-electron chi connectivity index (χ4n) is 4.19. The lowest BCUT2D eigenvalue weighted by Gasteiger charge is -2.31. The molecule has 0 aliphatic heterocycles. The minimum Gasteiger partial charge on any atom is -0.497 e. The van der Waals surface area contributed by atoms with E-state index in [4.69, 9.17) is 21.3 Å². The third-order valence-corrected chi connectivity index (χ3v) is 6.23. The van der Waals surface area contributed by atoms with Gasteiger partial charge in [0, 0.05) is 6.54 Å². The standard InChI is InChI=1S/C27H26ClN3O3/c1-4-24(30(5-2)26(32)20-10-6-8-12-22(20)28)25-29-23-13-9-7-11-21(23)27(33)31(25)18-14-16-19(34-3)17-15-18/h6-17,24H,4-5H2,1-3H3. The summed E-state index contributed by atoms with van der Waals surface area (Å²) >= 11 is 6.34. The molecule has 7 heteroatoms. The van der Waals surface area contributed by atoms with E-state index in [0.717, 1.165) is 0 Å². The van der Waals surface area contributed by atoms with Gasteiger partial charge in [-0.15, -0.1) is 0 Å². The van der Waals surface area contributed by atoms with Crippen LogP contribution in [0.25, 0.3) is 16.6 Å². The Bertz CT molecular complexity index is 1380. The summed E-state index contributed by atoms with van der Waals surface area (Å²) in [6.07, 6.45) is 0.560. The average molecular weight is 476 g/mol. The summed E-state index contributed by atoms with van der Waals surface area (Å²) in [5.41, 5.74) is 1.47. The van der Waals surface area contributed by atoms with Gasteiger partial charge in [0.2, 0.25) is 0 Å². The summed E-state index contributed by atoms with van der Waals surface area (Å²) in [5, 5.41) is 0.900. The Morgan fingerprint density at radius 3 is 2.35 bits per heavy atom. The first-order valence-corrected chi connectivity index (χ1v) is 11.6. The highest BCUT2D eigenvalue weighted by Gasteiger charge is 2.29. The number of ether oxygens (including phenoxy) is 1. The molecule has 0 spiro atoms. The molecular formula is C27H26ClN3O3. The largest absolute Gasteiger partial charge is 0.497 e. The molecule has 1 amide bonds. The predicted octanol–water partition coefficient (Wildman–Crippen LogP) is 5.66. The van der Waals surface area contributed by atoms with Crippen LogP contribution in [0.5, 0.6) is 5.75 Å². The van der Waals surface area contributed by atoms with E-state index < -0.39 is 6.04 Å². The zero-order valence-electron chi connectivity index (χ0n) is 19.4. The number of amides is 1. The van der Waals surface area contributed by atoms with Crippen molar-refractivity contribution >= 4 is 28.4 Å². The quantitative estimate of drug-likeness (QED) is 0.346. The molecule has 3 aromatic carbocycles. The van der Waals surface area contributed by atoms with E-state index >= 15 is 0 Å². The molecule has 0 fully saturated rings. The molecule has 1 unspecified atom stereocenters. The Kier molecular flexibility index (Phi) is 6.98.